The maximum Gasteiger partial charge on any atom is 0.253 e. The molecule has 0 spiro atoms. The number of halogens is 1. The van der Waals surface area contributed by atoms with Gasteiger partial charge in [0.1, 0.15) is 4.21 Å². The van der Waals surface area contributed by atoms with Gasteiger partial charge >= 0.3 is 0 Å². The predicted octanol–water partition coefficient (Wildman–Crippen LogP) is 3.09. The Balaban J connectivity index is 2.30. The van der Waals surface area contributed by atoms with Gasteiger partial charge < -0.3 is 0 Å². The Morgan fingerprint density at radius 1 is 1.44 bits per heavy atom. The molecule has 2 rings (SSSR count). The first-order chi connectivity index (χ1) is 8.38. The number of aryl methyl sites for hydroxylation is 1. The van der Waals surface area contributed by atoms with E-state index >= 15 is 0 Å². The summed E-state index contributed by atoms with van der Waals surface area (Å²) in [5.74, 6) is 0.523. The molecule has 0 bridgehead atoms. The molecule has 18 heavy (non-hydrogen) atoms. The van der Waals surface area contributed by atoms with Crippen LogP contribution in [0.25, 0.3) is 0 Å². The van der Waals surface area contributed by atoms with Crippen molar-refractivity contribution in [1.82, 2.24) is 4.31 Å². The molecule has 1 aromatic heterocycles. The summed E-state index contributed by atoms with van der Waals surface area (Å²) in [4.78, 5) is 1.03. The lowest BCUT2D eigenvalue weighted by Gasteiger charge is -2.29. The molecule has 0 radical (unpaired) electrons. The van der Waals surface area contributed by atoms with Crippen molar-refractivity contribution in [3.05, 3.63) is 17.0 Å². The van der Waals surface area contributed by atoms with Crippen LogP contribution < -0.4 is 0 Å². The average molecular weight is 308 g/mol. The highest BCUT2D eigenvalue weighted by atomic mass is 35.5. The molecule has 0 amide bonds. The van der Waals surface area contributed by atoms with Gasteiger partial charge in [0.2, 0.25) is 0 Å². The molecule has 1 aliphatic rings. The fourth-order valence-corrected chi connectivity index (χ4v) is 5.99. The lowest BCUT2D eigenvalue weighted by atomic mass is 10.0. The highest BCUT2D eigenvalue weighted by molar-refractivity contribution is 7.91. The maximum absolute atomic E-state index is 12.6. The van der Waals surface area contributed by atoms with Crippen molar-refractivity contribution >= 4 is 33.0 Å². The zero-order chi connectivity index (χ0) is 13.4. The van der Waals surface area contributed by atoms with Crippen LogP contribution in [-0.2, 0) is 16.4 Å². The number of rotatable bonds is 4. The molecule has 3 nitrogen and oxygen atoms in total. The second-order valence-corrected chi connectivity index (χ2v) is 8.79. The van der Waals surface area contributed by atoms with Crippen molar-refractivity contribution in [2.75, 3.05) is 12.4 Å². The highest BCUT2D eigenvalue weighted by Crippen LogP contribution is 2.36. The van der Waals surface area contributed by atoms with E-state index in [1.807, 2.05) is 19.9 Å². The Kier molecular flexibility index (Phi) is 4.07. The van der Waals surface area contributed by atoms with Crippen LogP contribution in [0.15, 0.2) is 16.3 Å². The lowest BCUT2D eigenvalue weighted by molar-refractivity contribution is 0.292. The summed E-state index contributed by atoms with van der Waals surface area (Å²) in [5.41, 5.74) is -0.268. The van der Waals surface area contributed by atoms with Crippen molar-refractivity contribution in [2.24, 2.45) is 0 Å². The van der Waals surface area contributed by atoms with Gasteiger partial charge in [-0.25, -0.2) is 8.42 Å². The second kappa shape index (κ2) is 5.12. The van der Waals surface area contributed by atoms with E-state index in [1.54, 1.807) is 10.4 Å². The molecule has 0 saturated carbocycles. The molecule has 0 N–H and O–H groups in total. The Bertz CT molecular complexity index is 522. The minimum absolute atomic E-state index is 0.268. The zero-order valence-electron chi connectivity index (χ0n) is 10.6. The van der Waals surface area contributed by atoms with Crippen LogP contribution in [-0.4, -0.2) is 30.7 Å². The molecule has 0 aromatic carbocycles. The number of alkyl halides is 1. The van der Waals surface area contributed by atoms with Crippen molar-refractivity contribution in [3.63, 3.8) is 0 Å². The van der Waals surface area contributed by atoms with Crippen LogP contribution >= 0.6 is 22.9 Å². The number of thiophene rings is 1. The molecule has 1 saturated heterocycles. The van der Waals surface area contributed by atoms with Gasteiger partial charge in [0, 0.05) is 22.8 Å². The van der Waals surface area contributed by atoms with Gasteiger partial charge in [0.25, 0.3) is 10.0 Å². The summed E-state index contributed by atoms with van der Waals surface area (Å²) in [6, 6.07) is 3.57. The third kappa shape index (κ3) is 2.59. The van der Waals surface area contributed by atoms with E-state index in [0.717, 1.165) is 24.1 Å². The van der Waals surface area contributed by atoms with Gasteiger partial charge in [-0.15, -0.1) is 22.9 Å². The van der Waals surface area contributed by atoms with Crippen LogP contribution in [0.3, 0.4) is 0 Å². The summed E-state index contributed by atoms with van der Waals surface area (Å²) in [5, 5.41) is 0. The van der Waals surface area contributed by atoms with E-state index in [1.165, 1.54) is 11.3 Å². The molecule has 1 aliphatic heterocycles. The molecular weight excluding hydrogens is 290 g/mol. The van der Waals surface area contributed by atoms with Gasteiger partial charge in [-0.05, 0) is 45.2 Å². The largest absolute Gasteiger partial charge is 0.253 e. The lowest BCUT2D eigenvalue weighted by Crippen LogP contribution is -2.42. The van der Waals surface area contributed by atoms with Crippen LogP contribution in [0.4, 0.5) is 0 Å². The fraction of sp³-hybridized carbons (Fsp3) is 0.667. The van der Waals surface area contributed by atoms with Gasteiger partial charge in [-0.1, -0.05) is 0 Å². The average Bonchev–Trinajstić information content (AvgIpc) is 2.85. The van der Waals surface area contributed by atoms with Gasteiger partial charge in [-0.3, -0.25) is 0 Å². The van der Waals surface area contributed by atoms with Crippen molar-refractivity contribution in [3.8, 4) is 0 Å². The van der Waals surface area contributed by atoms with Crippen LogP contribution in [0.5, 0.6) is 0 Å². The molecule has 0 atom stereocenters. The Morgan fingerprint density at radius 2 is 2.17 bits per heavy atom. The van der Waals surface area contributed by atoms with E-state index in [2.05, 4.69) is 0 Å². The monoisotopic (exact) mass is 307 g/mol. The first kappa shape index (κ1) is 14.3. The predicted molar refractivity (Wildman–Crippen MR) is 75.9 cm³/mol. The quantitative estimate of drug-likeness (QED) is 0.802. The SMILES string of the molecule is CC1(C)CCCN1S(=O)(=O)c1ccc(CCCl)s1. The molecule has 102 valence electrons. The normalized spacial score (nSPS) is 20.4. The number of hydrogen-bond donors (Lipinski definition) is 0. The molecule has 1 aromatic rings. The Hall–Kier alpha value is -0.100. The second-order valence-electron chi connectivity index (χ2n) is 5.15. The molecule has 0 aliphatic carbocycles. The molecule has 1 fully saturated rings. The third-order valence-electron chi connectivity index (χ3n) is 3.35. The first-order valence-corrected chi connectivity index (χ1v) is 8.84. The molecule has 6 heteroatoms. The van der Waals surface area contributed by atoms with Crippen molar-refractivity contribution in [1.29, 1.82) is 0 Å². The summed E-state index contributed by atoms with van der Waals surface area (Å²) < 4.78 is 27.2. The van der Waals surface area contributed by atoms with E-state index in [0.29, 0.717) is 16.6 Å². The smallest absolute Gasteiger partial charge is 0.206 e. The number of sulfonamides is 1. The van der Waals surface area contributed by atoms with Crippen molar-refractivity contribution in [2.45, 2.75) is 42.9 Å². The van der Waals surface area contributed by atoms with E-state index in [9.17, 15) is 8.42 Å². The highest BCUT2D eigenvalue weighted by Gasteiger charge is 2.41. The fourth-order valence-electron chi connectivity index (χ4n) is 2.36. The standard InChI is InChI=1S/C12H18ClNO2S2/c1-12(2)7-3-9-14(12)18(15,16)11-5-4-10(17-11)6-8-13/h4-5H,3,6-9H2,1-2H3. The molecule has 2 heterocycles. The summed E-state index contributed by atoms with van der Waals surface area (Å²) in [6.07, 6.45) is 2.59. The number of nitrogens with zero attached hydrogens (tertiary/aromatic N) is 1. The first-order valence-electron chi connectivity index (χ1n) is 6.05. The van der Waals surface area contributed by atoms with Crippen LogP contribution in [0.1, 0.15) is 31.6 Å². The van der Waals surface area contributed by atoms with Crippen molar-refractivity contribution < 1.29 is 8.42 Å². The Morgan fingerprint density at radius 3 is 2.72 bits per heavy atom. The number of hydrogen-bond acceptors (Lipinski definition) is 3. The van der Waals surface area contributed by atoms with E-state index < -0.39 is 10.0 Å². The minimum Gasteiger partial charge on any atom is -0.206 e. The summed E-state index contributed by atoms with van der Waals surface area (Å²) in [7, 11) is -3.34. The molecule has 0 unspecified atom stereocenters. The molecular formula is C12H18ClNO2S2. The summed E-state index contributed by atoms with van der Waals surface area (Å²) >= 11 is 7.02. The van der Waals surface area contributed by atoms with Crippen LogP contribution in [0.2, 0.25) is 0 Å². The van der Waals surface area contributed by atoms with Crippen LogP contribution in [0, 0.1) is 0 Å². The van der Waals surface area contributed by atoms with Gasteiger partial charge in [0.05, 0.1) is 0 Å². The minimum atomic E-state index is -3.34. The zero-order valence-corrected chi connectivity index (χ0v) is 13.0. The van der Waals surface area contributed by atoms with Gasteiger partial charge in [0.15, 0.2) is 0 Å². The summed E-state index contributed by atoms with van der Waals surface area (Å²) in [6.45, 7) is 4.60. The third-order valence-corrected chi connectivity index (χ3v) is 7.26. The maximum atomic E-state index is 12.6. The Labute approximate surface area is 118 Å². The van der Waals surface area contributed by atoms with E-state index in [-0.39, 0.29) is 5.54 Å². The topological polar surface area (TPSA) is 37.4 Å². The van der Waals surface area contributed by atoms with Gasteiger partial charge in [-0.2, -0.15) is 4.31 Å². The van der Waals surface area contributed by atoms with E-state index in [4.69, 9.17) is 11.6 Å².